The zero-order chi connectivity index (χ0) is 20.3. The molecule has 0 aliphatic carbocycles. The lowest BCUT2D eigenvalue weighted by atomic mass is 10.2. The Morgan fingerprint density at radius 2 is 1.79 bits per heavy atom. The Morgan fingerprint density at radius 3 is 2.39 bits per heavy atom. The lowest BCUT2D eigenvalue weighted by Crippen LogP contribution is -3.11. The average Bonchev–Trinajstić information content (AvgIpc) is 2.92. The van der Waals surface area contributed by atoms with Gasteiger partial charge in [0.15, 0.2) is 0 Å². The van der Waals surface area contributed by atoms with Gasteiger partial charge in [0.25, 0.3) is 11.8 Å². The van der Waals surface area contributed by atoms with E-state index >= 15 is 0 Å². The predicted octanol–water partition coefficient (Wildman–Crippen LogP) is 0.797. The van der Waals surface area contributed by atoms with E-state index in [1.54, 1.807) is 24.3 Å². The maximum Gasteiger partial charge on any atom is 0.338 e. The number of rotatable bonds is 6. The Morgan fingerprint density at radius 1 is 1.14 bits per heavy atom. The van der Waals surface area contributed by atoms with Gasteiger partial charge in [0.05, 0.1) is 51.1 Å². The molecular formula is C20H25ClN3O4+. The van der Waals surface area contributed by atoms with Crippen molar-refractivity contribution in [2.45, 2.75) is 19.8 Å². The summed E-state index contributed by atoms with van der Waals surface area (Å²) >= 11 is 6.24. The molecule has 0 bridgehead atoms. The van der Waals surface area contributed by atoms with Crippen LogP contribution in [0, 0.1) is 0 Å². The fourth-order valence-corrected chi connectivity index (χ4v) is 3.54. The Balaban J connectivity index is 1.73. The van der Waals surface area contributed by atoms with Crippen molar-refractivity contribution in [2.24, 2.45) is 0 Å². The number of benzene rings is 1. The molecule has 2 aliphatic heterocycles. The molecule has 3 rings (SSSR count). The molecule has 0 radical (unpaired) electrons. The SMILES string of the molecule is CCCCOC(=O)c1ccc(N2C(=O)C(Cl)=C(N3CC[NH+](C)CC3)C2=O)cc1. The second-order valence-electron chi connectivity index (χ2n) is 7.09. The van der Waals surface area contributed by atoms with Crippen LogP contribution < -0.4 is 9.80 Å². The van der Waals surface area contributed by atoms with Crippen molar-refractivity contribution in [1.82, 2.24) is 4.90 Å². The third-order valence-electron chi connectivity index (χ3n) is 5.03. The van der Waals surface area contributed by atoms with E-state index in [-0.39, 0.29) is 10.7 Å². The van der Waals surface area contributed by atoms with Crippen molar-refractivity contribution in [1.29, 1.82) is 0 Å². The highest BCUT2D eigenvalue weighted by Gasteiger charge is 2.42. The molecular weight excluding hydrogens is 382 g/mol. The number of nitrogens with zero attached hydrogens (tertiary/aromatic N) is 2. The molecule has 0 saturated carbocycles. The van der Waals surface area contributed by atoms with Gasteiger partial charge in [-0.1, -0.05) is 24.9 Å². The van der Waals surface area contributed by atoms with Crippen LogP contribution in [0.5, 0.6) is 0 Å². The van der Waals surface area contributed by atoms with Gasteiger partial charge in [-0.2, -0.15) is 0 Å². The molecule has 2 aliphatic rings. The number of unbranched alkanes of at least 4 members (excludes halogenated alkanes) is 1. The first-order valence-electron chi connectivity index (χ1n) is 9.56. The number of nitrogens with one attached hydrogen (secondary N) is 1. The highest BCUT2D eigenvalue weighted by molar-refractivity contribution is 6.52. The number of amides is 2. The zero-order valence-electron chi connectivity index (χ0n) is 16.2. The molecule has 1 saturated heterocycles. The Labute approximate surface area is 169 Å². The van der Waals surface area contributed by atoms with Gasteiger partial charge in [-0.3, -0.25) is 9.59 Å². The normalized spacial score (nSPS) is 18.2. The largest absolute Gasteiger partial charge is 0.462 e. The molecule has 150 valence electrons. The summed E-state index contributed by atoms with van der Waals surface area (Å²) in [5.41, 5.74) is 1.02. The van der Waals surface area contributed by atoms with Gasteiger partial charge in [-0.25, -0.2) is 9.69 Å². The first-order chi connectivity index (χ1) is 13.4. The molecule has 2 heterocycles. The number of anilines is 1. The average molecular weight is 407 g/mol. The van der Waals surface area contributed by atoms with Crippen molar-refractivity contribution in [3.8, 4) is 0 Å². The van der Waals surface area contributed by atoms with Crippen LogP contribution in [0.1, 0.15) is 30.1 Å². The first-order valence-corrected chi connectivity index (χ1v) is 9.93. The minimum absolute atomic E-state index is 0.0485. The quantitative estimate of drug-likeness (QED) is 0.430. The highest BCUT2D eigenvalue weighted by Crippen LogP contribution is 2.31. The molecule has 0 aromatic heterocycles. The fourth-order valence-electron chi connectivity index (χ4n) is 3.25. The third-order valence-corrected chi connectivity index (χ3v) is 5.37. The minimum Gasteiger partial charge on any atom is -0.462 e. The summed E-state index contributed by atoms with van der Waals surface area (Å²) in [6.07, 6.45) is 1.75. The maximum absolute atomic E-state index is 12.9. The predicted molar refractivity (Wildman–Crippen MR) is 105 cm³/mol. The summed E-state index contributed by atoms with van der Waals surface area (Å²) in [4.78, 5) is 41.9. The van der Waals surface area contributed by atoms with E-state index in [0.717, 1.165) is 30.8 Å². The second-order valence-corrected chi connectivity index (χ2v) is 7.47. The van der Waals surface area contributed by atoms with Crippen LogP contribution in [0.2, 0.25) is 0 Å². The Kier molecular flexibility index (Phi) is 6.36. The lowest BCUT2D eigenvalue weighted by Gasteiger charge is -2.31. The maximum atomic E-state index is 12.9. The van der Waals surface area contributed by atoms with Crippen LogP contribution >= 0.6 is 11.6 Å². The van der Waals surface area contributed by atoms with Crippen LogP contribution in [-0.4, -0.2) is 62.5 Å². The van der Waals surface area contributed by atoms with Gasteiger partial charge < -0.3 is 14.5 Å². The number of quaternary nitrogens is 1. The van der Waals surface area contributed by atoms with E-state index in [9.17, 15) is 14.4 Å². The number of carbonyl (C=O) groups excluding carboxylic acids is 3. The van der Waals surface area contributed by atoms with E-state index in [0.29, 0.717) is 30.9 Å². The van der Waals surface area contributed by atoms with Gasteiger partial charge in [0.2, 0.25) is 0 Å². The lowest BCUT2D eigenvalue weighted by molar-refractivity contribution is -0.883. The fraction of sp³-hybridized carbons (Fsp3) is 0.450. The smallest absolute Gasteiger partial charge is 0.338 e. The number of hydrogen-bond donors (Lipinski definition) is 1. The summed E-state index contributed by atoms with van der Waals surface area (Å²) in [6, 6.07) is 6.23. The van der Waals surface area contributed by atoms with E-state index in [1.165, 1.54) is 4.90 Å². The van der Waals surface area contributed by atoms with Crippen molar-refractivity contribution in [3.05, 3.63) is 40.6 Å². The Hall–Kier alpha value is -2.38. The summed E-state index contributed by atoms with van der Waals surface area (Å²) < 4.78 is 5.17. The number of halogens is 1. The highest BCUT2D eigenvalue weighted by atomic mass is 35.5. The molecule has 1 aromatic carbocycles. The van der Waals surface area contributed by atoms with Gasteiger partial charge in [0.1, 0.15) is 10.7 Å². The molecule has 28 heavy (non-hydrogen) atoms. The third kappa shape index (κ3) is 4.05. The number of imide groups is 1. The molecule has 1 N–H and O–H groups in total. The number of carbonyl (C=O) groups is 3. The van der Waals surface area contributed by atoms with Gasteiger partial charge in [0, 0.05) is 0 Å². The molecule has 1 aromatic rings. The topological polar surface area (TPSA) is 71.4 Å². The van der Waals surface area contributed by atoms with Gasteiger partial charge in [-0.15, -0.1) is 0 Å². The van der Waals surface area contributed by atoms with Crippen molar-refractivity contribution < 1.29 is 24.0 Å². The molecule has 0 atom stereocenters. The monoisotopic (exact) mass is 406 g/mol. The molecule has 0 spiro atoms. The number of likely N-dealkylation sites (N-methyl/N-ethyl adjacent to an activating group) is 1. The molecule has 1 fully saturated rings. The van der Waals surface area contributed by atoms with Crippen LogP contribution in [0.25, 0.3) is 0 Å². The van der Waals surface area contributed by atoms with Crippen molar-refractivity contribution in [2.75, 3.05) is 44.7 Å². The summed E-state index contributed by atoms with van der Waals surface area (Å²) in [5.74, 6) is -1.38. The van der Waals surface area contributed by atoms with E-state index in [1.807, 2.05) is 11.8 Å². The molecule has 8 heteroatoms. The first kappa shape index (κ1) is 20.4. The van der Waals surface area contributed by atoms with Crippen LogP contribution in [0.15, 0.2) is 35.0 Å². The number of esters is 1. The summed E-state index contributed by atoms with van der Waals surface area (Å²) in [7, 11) is 2.09. The Bertz CT molecular complexity index is 798. The number of piperazine rings is 1. The molecule has 0 unspecified atom stereocenters. The van der Waals surface area contributed by atoms with Crippen LogP contribution in [-0.2, 0) is 14.3 Å². The van der Waals surface area contributed by atoms with Crippen LogP contribution in [0.4, 0.5) is 5.69 Å². The van der Waals surface area contributed by atoms with Crippen molar-refractivity contribution >= 4 is 35.1 Å². The number of hydrogen-bond acceptors (Lipinski definition) is 5. The minimum atomic E-state index is -0.536. The van der Waals surface area contributed by atoms with Crippen molar-refractivity contribution in [3.63, 3.8) is 0 Å². The van der Waals surface area contributed by atoms with E-state index in [2.05, 4.69) is 7.05 Å². The summed E-state index contributed by atoms with van der Waals surface area (Å²) in [5, 5.41) is -0.0485. The van der Waals surface area contributed by atoms with Gasteiger partial charge >= 0.3 is 5.97 Å². The standard InChI is InChI=1S/C20H24ClN3O4/c1-3-4-13-28-20(27)14-5-7-15(8-6-14)24-18(25)16(21)17(19(24)26)23-11-9-22(2)10-12-23/h5-8H,3-4,9-13H2,1-2H3/p+1. The van der Waals surface area contributed by atoms with Gasteiger partial charge in [-0.05, 0) is 30.7 Å². The van der Waals surface area contributed by atoms with E-state index < -0.39 is 17.8 Å². The second kappa shape index (κ2) is 8.75. The number of ether oxygens (including phenoxy) is 1. The zero-order valence-corrected chi connectivity index (χ0v) is 16.9. The van der Waals surface area contributed by atoms with Crippen LogP contribution in [0.3, 0.4) is 0 Å². The molecule has 7 nitrogen and oxygen atoms in total. The summed E-state index contributed by atoms with van der Waals surface area (Å²) in [6.45, 7) is 5.49. The van der Waals surface area contributed by atoms with E-state index in [4.69, 9.17) is 16.3 Å². The molecule has 2 amide bonds.